The first-order valence-electron chi connectivity index (χ1n) is 9.44. The van der Waals surface area contributed by atoms with E-state index in [4.69, 9.17) is 0 Å². The van der Waals surface area contributed by atoms with Crippen LogP contribution in [0.3, 0.4) is 0 Å². The summed E-state index contributed by atoms with van der Waals surface area (Å²) in [6, 6.07) is 13.8. The molecule has 0 radical (unpaired) electrons. The normalized spacial score (nSPS) is 10.6. The van der Waals surface area contributed by atoms with Crippen LogP contribution in [0.15, 0.2) is 61.2 Å². The standard InChI is InChI=1S/C19H18N10O2/c30-18(14-2-6-16(7-3-14)28-12-22-24-26-28)20-10-1-11-21-19(31)15-4-8-17(9-5-15)29-13-23-25-27-29/h2-9,12-13H,1,10-11H2,(H,20,30)(H,21,31). The maximum absolute atomic E-state index is 12.2. The number of rotatable bonds is 8. The lowest BCUT2D eigenvalue weighted by molar-refractivity contribution is 0.0951. The highest BCUT2D eigenvalue weighted by Crippen LogP contribution is 2.08. The van der Waals surface area contributed by atoms with Gasteiger partial charge < -0.3 is 10.6 Å². The lowest BCUT2D eigenvalue weighted by Gasteiger charge is -2.08. The van der Waals surface area contributed by atoms with Crippen molar-refractivity contribution in [1.82, 2.24) is 51.0 Å². The summed E-state index contributed by atoms with van der Waals surface area (Å²) in [4.78, 5) is 24.5. The van der Waals surface area contributed by atoms with E-state index in [2.05, 4.69) is 41.7 Å². The molecular formula is C19H18N10O2. The second kappa shape index (κ2) is 9.35. The smallest absolute Gasteiger partial charge is 0.251 e. The van der Waals surface area contributed by atoms with Gasteiger partial charge in [-0.05, 0) is 75.8 Å². The number of hydrogen-bond donors (Lipinski definition) is 2. The van der Waals surface area contributed by atoms with E-state index in [1.165, 1.54) is 22.0 Å². The maximum Gasteiger partial charge on any atom is 0.251 e. The molecular weight excluding hydrogens is 400 g/mol. The molecule has 0 spiro atoms. The molecule has 4 aromatic rings. The van der Waals surface area contributed by atoms with E-state index < -0.39 is 0 Å². The van der Waals surface area contributed by atoms with E-state index in [1.807, 2.05) is 0 Å². The molecule has 2 aromatic carbocycles. The Kier molecular flexibility index (Phi) is 5.97. The molecule has 2 amide bonds. The molecule has 0 aliphatic heterocycles. The number of hydrogen-bond acceptors (Lipinski definition) is 8. The number of aromatic nitrogens is 8. The van der Waals surface area contributed by atoms with Gasteiger partial charge in [0.15, 0.2) is 0 Å². The van der Waals surface area contributed by atoms with Crippen LogP contribution in [0.1, 0.15) is 27.1 Å². The molecule has 0 saturated heterocycles. The Labute approximate surface area is 176 Å². The van der Waals surface area contributed by atoms with Gasteiger partial charge in [-0.2, -0.15) is 0 Å². The van der Waals surface area contributed by atoms with Crippen molar-refractivity contribution in [1.29, 1.82) is 0 Å². The Morgan fingerprint density at radius 2 is 1.10 bits per heavy atom. The number of carbonyl (C=O) groups excluding carboxylic acids is 2. The molecule has 31 heavy (non-hydrogen) atoms. The van der Waals surface area contributed by atoms with Gasteiger partial charge >= 0.3 is 0 Å². The number of nitrogens with zero attached hydrogens (tertiary/aromatic N) is 8. The zero-order chi connectivity index (χ0) is 21.5. The molecule has 0 aliphatic carbocycles. The van der Waals surface area contributed by atoms with Crippen molar-refractivity contribution in [2.75, 3.05) is 13.1 Å². The average molecular weight is 418 g/mol. The topological polar surface area (TPSA) is 145 Å². The summed E-state index contributed by atoms with van der Waals surface area (Å²) < 4.78 is 3.01. The van der Waals surface area contributed by atoms with Crippen molar-refractivity contribution in [3.05, 3.63) is 72.3 Å². The predicted octanol–water partition coefficient (Wildman–Crippen LogP) is 0.188. The summed E-state index contributed by atoms with van der Waals surface area (Å²) in [5.74, 6) is -0.374. The third-order valence-corrected chi connectivity index (χ3v) is 4.41. The summed E-state index contributed by atoms with van der Waals surface area (Å²) in [6.45, 7) is 0.873. The van der Waals surface area contributed by atoms with E-state index in [-0.39, 0.29) is 11.8 Å². The molecule has 156 valence electrons. The number of tetrazole rings is 2. The van der Waals surface area contributed by atoms with Crippen LogP contribution >= 0.6 is 0 Å². The first kappa shape index (κ1) is 19.8. The minimum atomic E-state index is -0.187. The molecule has 0 atom stereocenters. The molecule has 0 fully saturated rings. The second-order valence-electron chi connectivity index (χ2n) is 6.47. The largest absolute Gasteiger partial charge is 0.352 e. The van der Waals surface area contributed by atoms with Gasteiger partial charge in [0.2, 0.25) is 0 Å². The van der Waals surface area contributed by atoms with Gasteiger partial charge in [-0.25, -0.2) is 9.36 Å². The molecule has 2 heterocycles. The molecule has 0 bridgehead atoms. The summed E-state index contributed by atoms with van der Waals surface area (Å²) >= 11 is 0. The van der Waals surface area contributed by atoms with Crippen molar-refractivity contribution in [2.24, 2.45) is 0 Å². The predicted molar refractivity (Wildman–Crippen MR) is 108 cm³/mol. The number of benzene rings is 2. The quantitative estimate of drug-likeness (QED) is 0.386. The second-order valence-corrected chi connectivity index (χ2v) is 6.47. The molecule has 0 unspecified atom stereocenters. The number of nitrogens with one attached hydrogen (secondary N) is 2. The molecule has 4 rings (SSSR count). The van der Waals surface area contributed by atoms with Crippen LogP contribution in [0.5, 0.6) is 0 Å². The van der Waals surface area contributed by atoms with Crippen LogP contribution in [0.25, 0.3) is 11.4 Å². The van der Waals surface area contributed by atoms with Gasteiger partial charge in [0.05, 0.1) is 11.4 Å². The third-order valence-electron chi connectivity index (χ3n) is 4.41. The Bertz CT molecular complexity index is 1030. The van der Waals surface area contributed by atoms with Crippen LogP contribution in [0.4, 0.5) is 0 Å². The molecule has 0 aliphatic rings. The molecule has 12 heteroatoms. The van der Waals surface area contributed by atoms with E-state index >= 15 is 0 Å². The summed E-state index contributed by atoms with van der Waals surface area (Å²) in [6.07, 6.45) is 3.56. The highest BCUT2D eigenvalue weighted by Gasteiger charge is 2.08. The zero-order valence-corrected chi connectivity index (χ0v) is 16.3. The van der Waals surface area contributed by atoms with Gasteiger partial charge in [-0.1, -0.05) is 0 Å². The SMILES string of the molecule is O=C(NCCCNC(=O)c1ccc(-n2cnnn2)cc1)c1ccc(-n2cnnn2)cc1. The highest BCUT2D eigenvalue weighted by molar-refractivity contribution is 5.95. The van der Waals surface area contributed by atoms with Crippen LogP contribution in [-0.2, 0) is 0 Å². The van der Waals surface area contributed by atoms with Crippen LogP contribution in [-0.4, -0.2) is 65.3 Å². The molecule has 12 nitrogen and oxygen atoms in total. The Balaban J connectivity index is 1.18. The Morgan fingerprint density at radius 1 is 0.677 bits per heavy atom. The Hall–Kier alpha value is -4.48. The fourth-order valence-electron chi connectivity index (χ4n) is 2.79. The van der Waals surface area contributed by atoms with Crippen molar-refractivity contribution in [3.8, 4) is 11.4 Å². The van der Waals surface area contributed by atoms with E-state index in [0.717, 1.165) is 11.4 Å². The average Bonchev–Trinajstić information content (AvgIpc) is 3.53. The van der Waals surface area contributed by atoms with Crippen LogP contribution in [0.2, 0.25) is 0 Å². The van der Waals surface area contributed by atoms with Crippen LogP contribution in [0, 0.1) is 0 Å². The molecule has 0 saturated carbocycles. The molecule has 2 aromatic heterocycles. The zero-order valence-electron chi connectivity index (χ0n) is 16.3. The van der Waals surface area contributed by atoms with Gasteiger partial charge in [-0.3, -0.25) is 9.59 Å². The monoisotopic (exact) mass is 418 g/mol. The number of carbonyl (C=O) groups is 2. The van der Waals surface area contributed by atoms with Crippen molar-refractivity contribution < 1.29 is 9.59 Å². The maximum atomic E-state index is 12.2. The van der Waals surface area contributed by atoms with Gasteiger partial charge in [0.25, 0.3) is 11.8 Å². The first-order valence-corrected chi connectivity index (χ1v) is 9.44. The summed E-state index contributed by atoms with van der Waals surface area (Å²) in [7, 11) is 0. The number of amides is 2. The molecule has 2 N–H and O–H groups in total. The van der Waals surface area contributed by atoms with E-state index in [0.29, 0.717) is 30.6 Å². The fourth-order valence-corrected chi connectivity index (χ4v) is 2.79. The fraction of sp³-hybridized carbons (Fsp3) is 0.158. The van der Waals surface area contributed by atoms with Crippen LogP contribution < -0.4 is 10.6 Å². The minimum Gasteiger partial charge on any atom is -0.352 e. The van der Waals surface area contributed by atoms with Gasteiger partial charge in [0, 0.05) is 24.2 Å². The third kappa shape index (κ3) is 4.93. The minimum absolute atomic E-state index is 0.187. The van der Waals surface area contributed by atoms with Crippen molar-refractivity contribution >= 4 is 11.8 Å². The lowest BCUT2D eigenvalue weighted by atomic mass is 10.2. The summed E-state index contributed by atoms with van der Waals surface area (Å²) in [5, 5.41) is 27.6. The van der Waals surface area contributed by atoms with Crippen molar-refractivity contribution in [2.45, 2.75) is 6.42 Å². The Morgan fingerprint density at radius 3 is 1.45 bits per heavy atom. The van der Waals surface area contributed by atoms with Gasteiger partial charge in [0.1, 0.15) is 12.7 Å². The van der Waals surface area contributed by atoms with Gasteiger partial charge in [-0.15, -0.1) is 10.2 Å². The first-order chi connectivity index (χ1) is 15.2. The van der Waals surface area contributed by atoms with E-state index in [1.54, 1.807) is 48.5 Å². The lowest BCUT2D eigenvalue weighted by Crippen LogP contribution is -2.29. The van der Waals surface area contributed by atoms with E-state index in [9.17, 15) is 9.59 Å². The highest BCUT2D eigenvalue weighted by atomic mass is 16.2. The summed E-state index contributed by atoms with van der Waals surface area (Å²) in [5.41, 5.74) is 2.58. The van der Waals surface area contributed by atoms with Crippen molar-refractivity contribution in [3.63, 3.8) is 0 Å².